The fourth-order valence-electron chi connectivity index (χ4n) is 2.58. The zero-order valence-electron chi connectivity index (χ0n) is 12.3. The van der Waals surface area contributed by atoms with Crippen LogP contribution < -0.4 is 9.04 Å². The quantitative estimate of drug-likeness (QED) is 0.632. The van der Waals surface area contributed by atoms with E-state index in [4.69, 9.17) is 4.74 Å². The number of anilines is 1. The molecule has 2 aromatic carbocycles. The number of nitrogens with zero attached hydrogens (tertiary/aromatic N) is 2. The van der Waals surface area contributed by atoms with Crippen molar-refractivity contribution < 1.29 is 18.1 Å². The number of hydrogen-bond acceptors (Lipinski definition) is 5. The van der Waals surface area contributed by atoms with E-state index in [0.29, 0.717) is 17.9 Å². The third-order valence-corrected chi connectivity index (χ3v) is 5.61. The van der Waals surface area contributed by atoms with Crippen molar-refractivity contribution >= 4 is 21.4 Å². The Bertz CT molecular complexity index is 862. The van der Waals surface area contributed by atoms with Crippen LogP contribution in [0.25, 0.3) is 0 Å². The number of ether oxygens (including phenoxy) is 1. The maximum atomic E-state index is 12.8. The van der Waals surface area contributed by atoms with Crippen molar-refractivity contribution in [3.63, 3.8) is 0 Å². The van der Waals surface area contributed by atoms with E-state index in [1.807, 2.05) is 0 Å². The van der Waals surface area contributed by atoms with Crippen LogP contribution in [-0.4, -0.2) is 27.0 Å². The van der Waals surface area contributed by atoms with Crippen molar-refractivity contribution in [1.82, 2.24) is 0 Å². The molecule has 0 aromatic heterocycles. The first-order valence-electron chi connectivity index (χ1n) is 6.87. The lowest BCUT2D eigenvalue weighted by Crippen LogP contribution is -2.29. The molecular weight excluding hydrogens is 320 g/mol. The van der Waals surface area contributed by atoms with Gasteiger partial charge in [0.15, 0.2) is 0 Å². The van der Waals surface area contributed by atoms with Gasteiger partial charge >= 0.3 is 0 Å². The number of benzene rings is 2. The van der Waals surface area contributed by atoms with Gasteiger partial charge in [0.05, 0.1) is 22.6 Å². The summed E-state index contributed by atoms with van der Waals surface area (Å²) < 4.78 is 31.8. The van der Waals surface area contributed by atoms with Crippen LogP contribution >= 0.6 is 0 Å². The smallest absolute Gasteiger partial charge is 0.271 e. The Labute approximate surface area is 133 Å². The van der Waals surface area contributed by atoms with Gasteiger partial charge < -0.3 is 4.74 Å². The fourth-order valence-corrected chi connectivity index (χ4v) is 4.07. The lowest BCUT2D eigenvalue weighted by atomic mass is 10.1. The van der Waals surface area contributed by atoms with Crippen LogP contribution in [0.5, 0.6) is 5.75 Å². The van der Waals surface area contributed by atoms with Gasteiger partial charge in [0.25, 0.3) is 15.7 Å². The Morgan fingerprint density at radius 3 is 2.48 bits per heavy atom. The Morgan fingerprint density at radius 2 is 1.87 bits per heavy atom. The van der Waals surface area contributed by atoms with Gasteiger partial charge in [-0.05, 0) is 36.2 Å². The summed E-state index contributed by atoms with van der Waals surface area (Å²) in [6.07, 6.45) is 0.530. The number of nitro groups is 1. The summed E-state index contributed by atoms with van der Waals surface area (Å²) in [6, 6.07) is 10.4. The minimum atomic E-state index is -3.76. The highest BCUT2D eigenvalue weighted by atomic mass is 32.2. The predicted octanol–water partition coefficient (Wildman–Crippen LogP) is 2.35. The maximum absolute atomic E-state index is 12.8. The van der Waals surface area contributed by atoms with E-state index in [1.54, 1.807) is 18.2 Å². The molecule has 1 heterocycles. The molecule has 0 unspecified atom stereocenters. The highest BCUT2D eigenvalue weighted by molar-refractivity contribution is 7.92. The van der Waals surface area contributed by atoms with Crippen LogP contribution in [0, 0.1) is 10.1 Å². The van der Waals surface area contributed by atoms with Crippen LogP contribution in [0.2, 0.25) is 0 Å². The highest BCUT2D eigenvalue weighted by Gasteiger charge is 2.32. The molecular formula is C15H14N2O5S. The molecule has 0 fully saturated rings. The van der Waals surface area contributed by atoms with Gasteiger partial charge in [-0.25, -0.2) is 8.42 Å². The molecule has 0 spiro atoms. The number of nitro benzene ring substituents is 1. The molecule has 3 rings (SSSR count). The number of sulfonamides is 1. The average Bonchev–Trinajstić information content (AvgIpc) is 2.98. The molecule has 0 N–H and O–H groups in total. The largest absolute Gasteiger partial charge is 0.497 e. The molecule has 23 heavy (non-hydrogen) atoms. The molecule has 0 saturated carbocycles. The van der Waals surface area contributed by atoms with Crippen LogP contribution in [0.15, 0.2) is 47.4 Å². The van der Waals surface area contributed by atoms with Crippen molar-refractivity contribution in [2.24, 2.45) is 0 Å². The normalized spacial score (nSPS) is 13.7. The molecule has 120 valence electrons. The molecule has 1 aliphatic rings. The Balaban J connectivity index is 2.03. The Morgan fingerprint density at radius 1 is 1.17 bits per heavy atom. The van der Waals surface area contributed by atoms with Crippen LogP contribution in [0.3, 0.4) is 0 Å². The minimum Gasteiger partial charge on any atom is -0.497 e. The predicted molar refractivity (Wildman–Crippen MR) is 84.3 cm³/mol. The highest BCUT2D eigenvalue weighted by Crippen LogP contribution is 2.35. The van der Waals surface area contributed by atoms with E-state index in [2.05, 4.69) is 0 Å². The molecule has 0 aliphatic carbocycles. The van der Waals surface area contributed by atoms with Gasteiger partial charge in [0, 0.05) is 18.7 Å². The van der Waals surface area contributed by atoms with E-state index < -0.39 is 14.9 Å². The minimum absolute atomic E-state index is 0.123. The first kappa shape index (κ1) is 15.3. The molecule has 1 aliphatic heterocycles. The van der Waals surface area contributed by atoms with Gasteiger partial charge in [-0.1, -0.05) is 6.07 Å². The Hall–Kier alpha value is -2.61. The third-order valence-electron chi connectivity index (χ3n) is 3.78. The summed E-state index contributed by atoms with van der Waals surface area (Å²) in [5.41, 5.74) is 1.03. The van der Waals surface area contributed by atoms with Gasteiger partial charge in [0.2, 0.25) is 0 Å². The average molecular weight is 334 g/mol. The van der Waals surface area contributed by atoms with Crippen molar-refractivity contribution in [2.75, 3.05) is 18.0 Å². The first-order valence-corrected chi connectivity index (χ1v) is 8.31. The van der Waals surface area contributed by atoms with Gasteiger partial charge in [0.1, 0.15) is 5.75 Å². The molecule has 2 aromatic rings. The van der Waals surface area contributed by atoms with E-state index >= 15 is 0 Å². The monoisotopic (exact) mass is 334 g/mol. The molecule has 0 bridgehead atoms. The summed E-state index contributed by atoms with van der Waals surface area (Å²) in [5.74, 6) is 0.557. The number of methoxy groups -OCH3 is 1. The summed E-state index contributed by atoms with van der Waals surface area (Å²) >= 11 is 0. The number of rotatable bonds is 4. The zero-order valence-corrected chi connectivity index (χ0v) is 13.1. The van der Waals surface area contributed by atoms with Gasteiger partial charge in [-0.15, -0.1) is 0 Å². The van der Waals surface area contributed by atoms with Crippen molar-refractivity contribution in [3.05, 3.63) is 58.1 Å². The summed E-state index contributed by atoms with van der Waals surface area (Å²) in [4.78, 5) is 10.5. The lowest BCUT2D eigenvalue weighted by molar-refractivity contribution is -0.384. The fraction of sp³-hybridized carbons (Fsp3) is 0.200. The molecule has 7 nitrogen and oxygen atoms in total. The number of hydrogen-bond donors (Lipinski definition) is 0. The summed E-state index contributed by atoms with van der Waals surface area (Å²) in [6.45, 7) is 0.269. The zero-order chi connectivity index (χ0) is 16.6. The molecule has 0 amide bonds. The van der Waals surface area contributed by atoms with E-state index in [-0.39, 0.29) is 17.1 Å². The topological polar surface area (TPSA) is 89.8 Å². The number of fused-ring (bicyclic) bond motifs is 1. The standard InChI is InChI=1S/C15H14N2O5S/c1-22-13-4-6-14(7-5-13)23(20,21)16-9-8-11-2-3-12(17(18)19)10-15(11)16/h2-7,10H,8-9H2,1H3. The van der Waals surface area contributed by atoms with Crippen LogP contribution in [0.4, 0.5) is 11.4 Å². The third kappa shape index (κ3) is 2.61. The second-order valence-electron chi connectivity index (χ2n) is 5.07. The van der Waals surface area contributed by atoms with Gasteiger partial charge in [-0.3, -0.25) is 14.4 Å². The van der Waals surface area contributed by atoms with Crippen molar-refractivity contribution in [2.45, 2.75) is 11.3 Å². The molecule has 8 heteroatoms. The Kier molecular flexibility index (Phi) is 3.69. The van der Waals surface area contributed by atoms with Crippen LogP contribution in [-0.2, 0) is 16.4 Å². The molecule has 0 saturated heterocycles. The number of non-ortho nitro benzene ring substituents is 1. The summed E-state index contributed by atoms with van der Waals surface area (Å²) in [5, 5.41) is 10.9. The molecule has 0 radical (unpaired) electrons. The summed E-state index contributed by atoms with van der Waals surface area (Å²) in [7, 11) is -2.27. The van der Waals surface area contributed by atoms with E-state index in [9.17, 15) is 18.5 Å². The van der Waals surface area contributed by atoms with Crippen molar-refractivity contribution in [1.29, 1.82) is 0 Å². The SMILES string of the molecule is COc1ccc(S(=O)(=O)N2CCc3ccc([N+](=O)[O-])cc32)cc1. The van der Waals surface area contributed by atoms with E-state index in [0.717, 1.165) is 5.56 Å². The second kappa shape index (κ2) is 5.54. The van der Waals surface area contributed by atoms with Crippen LogP contribution in [0.1, 0.15) is 5.56 Å². The van der Waals surface area contributed by atoms with Gasteiger partial charge in [-0.2, -0.15) is 0 Å². The molecule has 0 atom stereocenters. The maximum Gasteiger partial charge on any atom is 0.271 e. The lowest BCUT2D eigenvalue weighted by Gasteiger charge is -2.19. The van der Waals surface area contributed by atoms with E-state index in [1.165, 1.54) is 35.7 Å². The second-order valence-corrected chi connectivity index (χ2v) is 6.94. The first-order chi connectivity index (χ1) is 10.9. The van der Waals surface area contributed by atoms with Crippen molar-refractivity contribution in [3.8, 4) is 5.75 Å².